The quantitative estimate of drug-likeness (QED) is 0.587. The van der Waals surface area contributed by atoms with Gasteiger partial charge in [0.05, 0.1) is 0 Å². The fourth-order valence-electron chi connectivity index (χ4n) is 1.91. The van der Waals surface area contributed by atoms with Crippen LogP contribution in [-0.4, -0.2) is 41.4 Å². The lowest BCUT2D eigenvalue weighted by molar-refractivity contribution is -0.201. The summed E-state index contributed by atoms with van der Waals surface area (Å²) in [5, 5.41) is 9.23. The van der Waals surface area contributed by atoms with Crippen LogP contribution in [0.1, 0.15) is 38.5 Å². The Morgan fingerprint density at radius 2 is 1.90 bits per heavy atom. The molecule has 1 aliphatic rings. The first-order valence-corrected chi connectivity index (χ1v) is 6.54. The number of nitrogens with two attached hydrogens (primary N) is 2. The van der Waals surface area contributed by atoms with Gasteiger partial charge < -0.3 is 20.3 Å². The molecule has 0 aromatic heterocycles. The second-order valence-corrected chi connectivity index (χ2v) is 4.69. The summed E-state index contributed by atoms with van der Waals surface area (Å²) in [7, 11) is 0. The molecule has 1 fully saturated rings. The third kappa shape index (κ3) is 4.17. The van der Waals surface area contributed by atoms with Crippen molar-refractivity contribution in [2.24, 2.45) is 11.5 Å². The molecule has 5 N–H and O–H groups in total. The molecule has 1 saturated heterocycles. The average molecular weight is 288 g/mol. The van der Waals surface area contributed by atoms with Gasteiger partial charge in [0.1, 0.15) is 0 Å². The first kappa shape index (κ1) is 16.4. The summed E-state index contributed by atoms with van der Waals surface area (Å²) in [4.78, 5) is 34.6. The van der Waals surface area contributed by atoms with E-state index in [0.29, 0.717) is 19.3 Å². The van der Waals surface area contributed by atoms with E-state index < -0.39 is 29.7 Å². The van der Waals surface area contributed by atoms with Crippen LogP contribution in [0.15, 0.2) is 0 Å². The van der Waals surface area contributed by atoms with Crippen molar-refractivity contribution in [3.8, 4) is 0 Å². The number of rotatable bonds is 4. The molecule has 0 amide bonds. The van der Waals surface area contributed by atoms with E-state index >= 15 is 0 Å². The fraction of sp³-hybridized carbons (Fsp3) is 0.750. The topological polar surface area (TPSA) is 142 Å². The van der Waals surface area contributed by atoms with Crippen LogP contribution in [0.5, 0.6) is 0 Å². The summed E-state index contributed by atoms with van der Waals surface area (Å²) in [6, 6.07) is 0. The average Bonchev–Trinajstić information content (AvgIpc) is 2.38. The van der Waals surface area contributed by atoms with Crippen LogP contribution in [-0.2, 0) is 23.9 Å². The molecule has 1 heterocycles. The molecular formula is C12H20N2O6. The van der Waals surface area contributed by atoms with E-state index in [1.54, 1.807) is 0 Å². The Morgan fingerprint density at radius 1 is 1.30 bits per heavy atom. The predicted octanol–water partition coefficient (Wildman–Crippen LogP) is -0.506. The number of hydrogen-bond acceptors (Lipinski definition) is 7. The Balaban J connectivity index is 3.00. The van der Waals surface area contributed by atoms with Gasteiger partial charge in [0.2, 0.25) is 0 Å². The maximum atomic E-state index is 11.6. The highest BCUT2D eigenvalue weighted by Crippen LogP contribution is 2.22. The molecule has 0 aromatic rings. The monoisotopic (exact) mass is 288 g/mol. The number of carboxylic acids is 1. The number of carbonyl (C=O) groups is 3. The van der Waals surface area contributed by atoms with Crippen molar-refractivity contribution < 1.29 is 29.0 Å². The lowest BCUT2D eigenvalue weighted by atomic mass is 10.0. The summed E-state index contributed by atoms with van der Waals surface area (Å²) in [6.07, 6.45) is 0.267. The number of carbonyl (C=O) groups excluding carboxylic acids is 2. The Morgan fingerprint density at radius 3 is 2.45 bits per heavy atom. The van der Waals surface area contributed by atoms with Crippen LogP contribution in [0.3, 0.4) is 0 Å². The molecule has 0 bridgehead atoms. The SMILES string of the molecule is NCCCC1OC(=O)CCCCC(=O)OC1(N)C(=O)O. The maximum absolute atomic E-state index is 11.6. The third-order valence-electron chi connectivity index (χ3n) is 3.05. The summed E-state index contributed by atoms with van der Waals surface area (Å²) in [5.74, 6) is -2.83. The van der Waals surface area contributed by atoms with Crippen molar-refractivity contribution in [2.45, 2.75) is 50.4 Å². The smallest absolute Gasteiger partial charge is 0.367 e. The molecule has 0 saturated carbocycles. The fourth-order valence-corrected chi connectivity index (χ4v) is 1.91. The van der Waals surface area contributed by atoms with Crippen molar-refractivity contribution in [3.63, 3.8) is 0 Å². The van der Waals surface area contributed by atoms with Crippen molar-refractivity contribution >= 4 is 17.9 Å². The van der Waals surface area contributed by atoms with Gasteiger partial charge in [-0.05, 0) is 32.2 Å². The lowest BCUT2D eigenvalue weighted by Crippen LogP contribution is -2.61. The second kappa shape index (κ2) is 7.20. The summed E-state index contributed by atoms with van der Waals surface area (Å²) < 4.78 is 9.93. The molecule has 8 heteroatoms. The Labute approximate surface area is 116 Å². The van der Waals surface area contributed by atoms with Gasteiger partial charge in [0.15, 0.2) is 6.10 Å². The first-order chi connectivity index (χ1) is 9.40. The third-order valence-corrected chi connectivity index (χ3v) is 3.05. The number of esters is 2. The Bertz CT molecular complexity index is 386. The second-order valence-electron chi connectivity index (χ2n) is 4.69. The Hall–Kier alpha value is -1.67. The summed E-state index contributed by atoms with van der Waals surface area (Å²) in [6.45, 7) is 0.275. The van der Waals surface area contributed by atoms with Gasteiger partial charge in [-0.25, -0.2) is 4.79 Å². The van der Waals surface area contributed by atoms with Crippen LogP contribution in [0.25, 0.3) is 0 Å². The Kier molecular flexibility index (Phi) is 5.90. The maximum Gasteiger partial charge on any atom is 0.367 e. The number of carboxylic acid groups (broad SMARTS) is 1. The zero-order valence-corrected chi connectivity index (χ0v) is 11.2. The van der Waals surface area contributed by atoms with Gasteiger partial charge in [0, 0.05) is 12.8 Å². The van der Waals surface area contributed by atoms with Crippen molar-refractivity contribution in [3.05, 3.63) is 0 Å². The van der Waals surface area contributed by atoms with Crippen molar-refractivity contribution in [1.29, 1.82) is 0 Å². The highest BCUT2D eigenvalue weighted by atomic mass is 16.6. The molecule has 114 valence electrons. The van der Waals surface area contributed by atoms with Gasteiger partial charge >= 0.3 is 17.9 Å². The number of cyclic esters (lactones) is 2. The normalized spacial score (nSPS) is 28.4. The zero-order valence-electron chi connectivity index (χ0n) is 11.2. The van der Waals surface area contributed by atoms with E-state index in [1.165, 1.54) is 0 Å². The van der Waals surface area contributed by atoms with Gasteiger partial charge in [-0.2, -0.15) is 0 Å². The van der Waals surface area contributed by atoms with Crippen LogP contribution in [0.2, 0.25) is 0 Å². The van der Waals surface area contributed by atoms with E-state index in [1.807, 2.05) is 0 Å². The van der Waals surface area contributed by atoms with E-state index in [2.05, 4.69) is 0 Å². The van der Waals surface area contributed by atoms with E-state index in [0.717, 1.165) is 0 Å². The molecule has 2 atom stereocenters. The van der Waals surface area contributed by atoms with E-state index in [-0.39, 0.29) is 25.8 Å². The standard InChI is InChI=1S/C12H20N2O6/c13-7-3-4-8-12(14,11(17)18)20-10(16)6-2-1-5-9(15)19-8/h8H,1-7,13-14H2,(H,17,18). The van der Waals surface area contributed by atoms with E-state index in [4.69, 9.17) is 20.9 Å². The van der Waals surface area contributed by atoms with Crippen LogP contribution in [0.4, 0.5) is 0 Å². The van der Waals surface area contributed by atoms with Gasteiger partial charge in [0.25, 0.3) is 5.72 Å². The highest BCUT2D eigenvalue weighted by Gasteiger charge is 2.49. The molecular weight excluding hydrogens is 268 g/mol. The van der Waals surface area contributed by atoms with Gasteiger partial charge in [-0.1, -0.05) is 0 Å². The molecule has 0 spiro atoms. The predicted molar refractivity (Wildman–Crippen MR) is 67.3 cm³/mol. The molecule has 1 rings (SSSR count). The summed E-state index contributed by atoms with van der Waals surface area (Å²) >= 11 is 0. The van der Waals surface area contributed by atoms with Gasteiger partial charge in [-0.3, -0.25) is 15.3 Å². The lowest BCUT2D eigenvalue weighted by Gasteiger charge is -2.33. The van der Waals surface area contributed by atoms with Crippen LogP contribution < -0.4 is 11.5 Å². The van der Waals surface area contributed by atoms with Crippen molar-refractivity contribution in [2.75, 3.05) is 6.54 Å². The highest BCUT2D eigenvalue weighted by molar-refractivity contribution is 5.83. The van der Waals surface area contributed by atoms with Crippen LogP contribution >= 0.6 is 0 Å². The molecule has 0 radical (unpaired) electrons. The van der Waals surface area contributed by atoms with Crippen molar-refractivity contribution in [1.82, 2.24) is 0 Å². The molecule has 2 unspecified atom stereocenters. The molecule has 8 nitrogen and oxygen atoms in total. The number of aliphatic carboxylic acids is 1. The summed E-state index contributed by atoms with van der Waals surface area (Å²) in [5.41, 5.74) is 8.65. The molecule has 0 aliphatic carbocycles. The molecule has 20 heavy (non-hydrogen) atoms. The molecule has 1 aliphatic heterocycles. The van der Waals surface area contributed by atoms with Gasteiger partial charge in [-0.15, -0.1) is 0 Å². The number of hydrogen-bond donors (Lipinski definition) is 3. The first-order valence-electron chi connectivity index (χ1n) is 6.54. The van der Waals surface area contributed by atoms with Crippen LogP contribution in [0, 0.1) is 0 Å². The largest absolute Gasteiger partial charge is 0.477 e. The minimum Gasteiger partial charge on any atom is -0.477 e. The minimum atomic E-state index is -2.38. The number of ether oxygens (including phenoxy) is 2. The molecule has 0 aromatic carbocycles. The minimum absolute atomic E-state index is 0.0170. The zero-order chi connectivity index (χ0) is 15.2. The van der Waals surface area contributed by atoms with E-state index in [9.17, 15) is 19.5 Å².